The summed E-state index contributed by atoms with van der Waals surface area (Å²) < 4.78 is 69.9. The molecule has 0 saturated heterocycles. The fraction of sp³-hybridized carbons (Fsp3) is 0.400. The second kappa shape index (κ2) is 5.69. The molecule has 0 bridgehead atoms. The smallest absolute Gasteiger partial charge is 0.491 e. The maximum atomic E-state index is 12.9. The molecule has 0 aromatic carbocycles. The summed E-state index contributed by atoms with van der Waals surface area (Å²) in [4.78, 5) is 3.24. The van der Waals surface area contributed by atoms with Crippen molar-refractivity contribution in [2.75, 3.05) is 7.11 Å². The molecule has 0 saturated carbocycles. The van der Waals surface area contributed by atoms with Gasteiger partial charge in [0, 0.05) is 6.20 Å². The number of halogens is 5. The molecule has 9 heteroatoms. The van der Waals surface area contributed by atoms with Gasteiger partial charge in [-0.1, -0.05) is 0 Å². The van der Waals surface area contributed by atoms with E-state index in [0.29, 0.717) is 0 Å². The number of ether oxygens (including phenoxy) is 2. The molecule has 19 heavy (non-hydrogen) atoms. The Morgan fingerprint density at radius 3 is 2.47 bits per heavy atom. The summed E-state index contributed by atoms with van der Waals surface area (Å²) in [7, 11) is 0.905. The molecular weight excluding hydrogens is 275 g/mol. The lowest BCUT2D eigenvalue weighted by Gasteiger charge is -2.16. The standard InChI is InChI=1S/C10H7F5N2O2/c1-18-7-6(8(11)12)5(2-3-16)4-17-9(7)19-10(13,14)15/h4,8H,2H2,1H3. The van der Waals surface area contributed by atoms with E-state index in [1.807, 2.05) is 0 Å². The molecule has 104 valence electrons. The Morgan fingerprint density at radius 2 is 2.05 bits per heavy atom. The Balaban J connectivity index is 3.37. The van der Waals surface area contributed by atoms with Crippen LogP contribution in [0.2, 0.25) is 0 Å². The van der Waals surface area contributed by atoms with Gasteiger partial charge in [-0.25, -0.2) is 13.8 Å². The quantitative estimate of drug-likeness (QED) is 0.797. The van der Waals surface area contributed by atoms with Gasteiger partial charge in [0.15, 0.2) is 5.75 Å². The van der Waals surface area contributed by atoms with Gasteiger partial charge in [0.1, 0.15) is 0 Å². The summed E-state index contributed by atoms with van der Waals surface area (Å²) in [6.45, 7) is 0. The molecular formula is C10H7F5N2O2. The van der Waals surface area contributed by atoms with Crippen LogP contribution in [-0.2, 0) is 6.42 Å². The predicted octanol–water partition coefficient (Wildman–Crippen LogP) is 2.99. The van der Waals surface area contributed by atoms with Gasteiger partial charge in [-0.15, -0.1) is 13.2 Å². The minimum absolute atomic E-state index is 0.219. The Kier molecular flexibility index (Phi) is 4.47. The van der Waals surface area contributed by atoms with Gasteiger partial charge in [-0.05, 0) is 5.56 Å². The van der Waals surface area contributed by atoms with Gasteiger partial charge < -0.3 is 9.47 Å². The van der Waals surface area contributed by atoms with Crippen molar-refractivity contribution >= 4 is 0 Å². The SMILES string of the molecule is COc1c(OC(F)(F)F)ncc(CC#N)c1C(F)F. The average molecular weight is 282 g/mol. The zero-order chi connectivity index (χ0) is 14.6. The van der Waals surface area contributed by atoms with Gasteiger partial charge in [0.2, 0.25) is 0 Å². The highest BCUT2D eigenvalue weighted by Gasteiger charge is 2.35. The molecule has 0 N–H and O–H groups in total. The summed E-state index contributed by atoms with van der Waals surface area (Å²) in [6.07, 6.45) is -7.92. The first-order chi connectivity index (χ1) is 8.80. The molecule has 0 aliphatic heterocycles. The number of aromatic nitrogens is 1. The van der Waals surface area contributed by atoms with Crippen LogP contribution in [0.3, 0.4) is 0 Å². The fourth-order valence-corrected chi connectivity index (χ4v) is 1.37. The molecule has 0 spiro atoms. The fourth-order valence-electron chi connectivity index (χ4n) is 1.37. The van der Waals surface area contributed by atoms with Gasteiger partial charge in [0.25, 0.3) is 12.3 Å². The summed E-state index contributed by atoms with van der Waals surface area (Å²) in [5.74, 6) is -1.95. The zero-order valence-corrected chi connectivity index (χ0v) is 9.46. The normalized spacial score (nSPS) is 11.3. The zero-order valence-electron chi connectivity index (χ0n) is 9.46. The maximum absolute atomic E-state index is 12.9. The number of pyridine rings is 1. The summed E-state index contributed by atoms with van der Waals surface area (Å²) in [5, 5.41) is 8.47. The number of nitriles is 1. The Hall–Kier alpha value is -2.11. The Labute approximate surface area is 104 Å². The minimum Gasteiger partial charge on any atom is -0.491 e. The predicted molar refractivity (Wildman–Crippen MR) is 51.7 cm³/mol. The summed E-state index contributed by atoms with van der Waals surface area (Å²) in [6, 6.07) is 1.61. The van der Waals surface area contributed by atoms with E-state index in [1.165, 1.54) is 0 Å². The number of rotatable bonds is 4. The highest BCUT2D eigenvalue weighted by atomic mass is 19.4. The number of hydrogen-bond donors (Lipinski definition) is 0. The van der Waals surface area contributed by atoms with Crippen molar-refractivity contribution < 1.29 is 31.4 Å². The van der Waals surface area contributed by atoms with E-state index < -0.39 is 36.4 Å². The van der Waals surface area contributed by atoms with Crippen molar-refractivity contribution in [3.63, 3.8) is 0 Å². The van der Waals surface area contributed by atoms with Gasteiger partial charge in [0.05, 0.1) is 25.2 Å². The average Bonchev–Trinajstić information content (AvgIpc) is 2.28. The van der Waals surface area contributed by atoms with Gasteiger partial charge in [-0.2, -0.15) is 5.26 Å². The topological polar surface area (TPSA) is 55.1 Å². The molecule has 0 atom stereocenters. The van der Waals surface area contributed by atoms with E-state index >= 15 is 0 Å². The van der Waals surface area contributed by atoms with Crippen LogP contribution < -0.4 is 9.47 Å². The van der Waals surface area contributed by atoms with Crippen molar-refractivity contribution in [2.45, 2.75) is 19.2 Å². The first kappa shape index (κ1) is 14.9. The molecule has 1 aromatic rings. The van der Waals surface area contributed by atoms with Gasteiger partial charge in [-0.3, -0.25) is 0 Å². The number of hydrogen-bond acceptors (Lipinski definition) is 4. The largest absolute Gasteiger partial charge is 0.574 e. The lowest BCUT2D eigenvalue weighted by atomic mass is 10.1. The van der Waals surface area contributed by atoms with Gasteiger partial charge >= 0.3 is 6.36 Å². The second-order valence-electron chi connectivity index (χ2n) is 3.22. The number of nitrogens with zero attached hydrogens (tertiary/aromatic N) is 2. The second-order valence-corrected chi connectivity index (χ2v) is 3.22. The van der Waals surface area contributed by atoms with Crippen LogP contribution in [0.1, 0.15) is 17.6 Å². The van der Waals surface area contributed by atoms with Crippen molar-refractivity contribution in [1.29, 1.82) is 5.26 Å². The van der Waals surface area contributed by atoms with E-state index in [2.05, 4.69) is 14.5 Å². The molecule has 4 nitrogen and oxygen atoms in total. The molecule has 1 rings (SSSR count). The van der Waals surface area contributed by atoms with E-state index in [1.54, 1.807) is 6.07 Å². The lowest BCUT2D eigenvalue weighted by Crippen LogP contribution is -2.19. The third-order valence-corrected chi connectivity index (χ3v) is 2.03. The molecule has 0 amide bonds. The van der Waals surface area contributed by atoms with Crippen LogP contribution in [0.25, 0.3) is 0 Å². The van der Waals surface area contributed by atoms with E-state index in [-0.39, 0.29) is 5.56 Å². The monoisotopic (exact) mass is 282 g/mol. The van der Waals surface area contributed by atoms with Crippen LogP contribution >= 0.6 is 0 Å². The Bertz CT molecular complexity index is 496. The molecule has 0 fully saturated rings. The lowest BCUT2D eigenvalue weighted by molar-refractivity contribution is -0.276. The first-order valence-electron chi connectivity index (χ1n) is 4.76. The highest BCUT2D eigenvalue weighted by molar-refractivity contribution is 5.47. The van der Waals surface area contributed by atoms with Crippen molar-refractivity contribution in [3.8, 4) is 17.7 Å². The molecule has 0 aliphatic rings. The third kappa shape index (κ3) is 3.67. The van der Waals surface area contributed by atoms with Crippen LogP contribution in [0.4, 0.5) is 22.0 Å². The maximum Gasteiger partial charge on any atom is 0.574 e. The Morgan fingerprint density at radius 1 is 1.42 bits per heavy atom. The van der Waals surface area contributed by atoms with E-state index in [0.717, 1.165) is 13.3 Å². The molecule has 0 aliphatic carbocycles. The molecule has 1 aromatic heterocycles. The molecule has 0 unspecified atom stereocenters. The summed E-state index contributed by atoms with van der Waals surface area (Å²) in [5.41, 5.74) is -1.05. The van der Waals surface area contributed by atoms with Crippen molar-refractivity contribution in [3.05, 3.63) is 17.3 Å². The van der Waals surface area contributed by atoms with Crippen molar-refractivity contribution in [1.82, 2.24) is 4.98 Å². The van der Waals surface area contributed by atoms with Crippen LogP contribution in [0.5, 0.6) is 11.6 Å². The van der Waals surface area contributed by atoms with E-state index in [4.69, 9.17) is 5.26 Å². The van der Waals surface area contributed by atoms with Crippen LogP contribution in [-0.4, -0.2) is 18.5 Å². The number of methoxy groups -OCH3 is 1. The van der Waals surface area contributed by atoms with E-state index in [9.17, 15) is 22.0 Å². The van der Waals surface area contributed by atoms with Crippen LogP contribution in [0.15, 0.2) is 6.20 Å². The van der Waals surface area contributed by atoms with Crippen LogP contribution in [0, 0.1) is 11.3 Å². The van der Waals surface area contributed by atoms with Crippen molar-refractivity contribution in [2.24, 2.45) is 0 Å². The minimum atomic E-state index is -5.09. The first-order valence-corrected chi connectivity index (χ1v) is 4.76. The number of alkyl halides is 5. The molecule has 1 heterocycles. The molecule has 0 radical (unpaired) electrons. The summed E-state index contributed by atoms with van der Waals surface area (Å²) >= 11 is 0. The highest BCUT2D eigenvalue weighted by Crippen LogP contribution is 2.39. The third-order valence-electron chi connectivity index (χ3n) is 2.03.